The van der Waals surface area contributed by atoms with Crippen LogP contribution in [0.25, 0.3) is 0 Å². The summed E-state index contributed by atoms with van der Waals surface area (Å²) >= 11 is 0. The molecule has 0 bridgehead atoms. The highest BCUT2D eigenvalue weighted by atomic mass is 16.1. The van der Waals surface area contributed by atoms with Gasteiger partial charge in [0.15, 0.2) is 0 Å². The predicted molar refractivity (Wildman–Crippen MR) is 71.5 cm³/mol. The summed E-state index contributed by atoms with van der Waals surface area (Å²) in [4.78, 5) is 11.8. The lowest BCUT2D eigenvalue weighted by atomic mass is 10.2. The van der Waals surface area contributed by atoms with Gasteiger partial charge in [-0.25, -0.2) is 0 Å². The minimum absolute atomic E-state index is 0.0767. The smallest absolute Gasteiger partial charge is 0.239 e. The molecule has 18 heavy (non-hydrogen) atoms. The molecule has 2 rings (SSSR count). The molecule has 0 aliphatic heterocycles. The quantitative estimate of drug-likeness (QED) is 0.831. The van der Waals surface area contributed by atoms with Crippen molar-refractivity contribution in [1.29, 1.82) is 0 Å². The number of nitrogens with one attached hydrogen (secondary N) is 2. The summed E-state index contributed by atoms with van der Waals surface area (Å²) in [5.41, 5.74) is 1.97. The second kappa shape index (κ2) is 5.89. The van der Waals surface area contributed by atoms with Crippen LogP contribution in [0.4, 0.5) is 5.69 Å². The van der Waals surface area contributed by atoms with Crippen molar-refractivity contribution in [2.45, 2.75) is 45.1 Å². The van der Waals surface area contributed by atoms with Gasteiger partial charge in [0.25, 0.3) is 0 Å². The average Bonchev–Trinajstić information content (AvgIpc) is 2.95. The Labute approximate surface area is 108 Å². The standard InChI is InChI=1S/C13H22N4O/c1-3-11-12(9-17(2)16-11)14-8-13(18)15-10-6-4-5-7-10/h9-10,14H,3-8H2,1-2H3,(H,15,18). The number of aryl methyl sites for hydroxylation is 2. The Hall–Kier alpha value is -1.52. The van der Waals surface area contributed by atoms with E-state index in [1.165, 1.54) is 12.8 Å². The average molecular weight is 250 g/mol. The molecule has 1 aliphatic rings. The van der Waals surface area contributed by atoms with Crippen molar-refractivity contribution in [2.75, 3.05) is 11.9 Å². The fourth-order valence-corrected chi connectivity index (χ4v) is 2.47. The van der Waals surface area contributed by atoms with E-state index in [-0.39, 0.29) is 5.91 Å². The number of aromatic nitrogens is 2. The number of carbonyl (C=O) groups excluding carboxylic acids is 1. The molecular weight excluding hydrogens is 228 g/mol. The number of nitrogens with zero attached hydrogens (tertiary/aromatic N) is 2. The molecule has 1 fully saturated rings. The first-order valence-corrected chi connectivity index (χ1v) is 6.74. The topological polar surface area (TPSA) is 59.0 Å². The monoisotopic (exact) mass is 250 g/mol. The zero-order chi connectivity index (χ0) is 13.0. The van der Waals surface area contributed by atoms with Crippen LogP contribution in [-0.2, 0) is 18.3 Å². The third-order valence-electron chi connectivity index (χ3n) is 3.40. The maximum absolute atomic E-state index is 11.8. The summed E-state index contributed by atoms with van der Waals surface area (Å²) in [5, 5.41) is 10.6. The fraction of sp³-hybridized carbons (Fsp3) is 0.692. The molecule has 1 heterocycles. The molecule has 1 amide bonds. The molecule has 1 aromatic heterocycles. The van der Waals surface area contributed by atoms with E-state index in [2.05, 4.69) is 22.7 Å². The number of anilines is 1. The van der Waals surface area contributed by atoms with Crippen LogP contribution in [0, 0.1) is 0 Å². The Bertz CT molecular complexity index is 407. The molecule has 5 nitrogen and oxygen atoms in total. The third-order valence-corrected chi connectivity index (χ3v) is 3.40. The van der Waals surface area contributed by atoms with E-state index in [1.54, 1.807) is 4.68 Å². The molecule has 0 radical (unpaired) electrons. The Morgan fingerprint density at radius 3 is 2.89 bits per heavy atom. The molecule has 1 saturated carbocycles. The summed E-state index contributed by atoms with van der Waals surface area (Å²) in [7, 11) is 1.89. The fourth-order valence-electron chi connectivity index (χ4n) is 2.47. The van der Waals surface area contributed by atoms with E-state index in [0.29, 0.717) is 12.6 Å². The number of hydrogen-bond donors (Lipinski definition) is 2. The van der Waals surface area contributed by atoms with Crippen molar-refractivity contribution in [3.63, 3.8) is 0 Å². The van der Waals surface area contributed by atoms with E-state index in [9.17, 15) is 4.79 Å². The van der Waals surface area contributed by atoms with E-state index in [4.69, 9.17) is 0 Å². The van der Waals surface area contributed by atoms with Crippen LogP contribution in [-0.4, -0.2) is 28.3 Å². The summed E-state index contributed by atoms with van der Waals surface area (Å²) < 4.78 is 1.77. The van der Waals surface area contributed by atoms with Gasteiger partial charge < -0.3 is 10.6 Å². The van der Waals surface area contributed by atoms with Gasteiger partial charge in [-0.3, -0.25) is 9.48 Å². The largest absolute Gasteiger partial charge is 0.373 e. The van der Waals surface area contributed by atoms with Gasteiger partial charge in [-0.2, -0.15) is 5.10 Å². The highest BCUT2D eigenvalue weighted by Gasteiger charge is 2.17. The van der Waals surface area contributed by atoms with Gasteiger partial charge >= 0.3 is 0 Å². The lowest BCUT2D eigenvalue weighted by molar-refractivity contribution is -0.120. The van der Waals surface area contributed by atoms with Crippen molar-refractivity contribution < 1.29 is 4.79 Å². The first kappa shape index (κ1) is 12.9. The summed E-state index contributed by atoms with van der Waals surface area (Å²) in [6, 6.07) is 0.388. The molecule has 1 aromatic rings. The molecule has 2 N–H and O–H groups in total. The molecule has 5 heteroatoms. The van der Waals surface area contributed by atoms with Crippen LogP contribution in [0.1, 0.15) is 38.3 Å². The summed E-state index contributed by atoms with van der Waals surface area (Å²) in [6.45, 7) is 2.39. The van der Waals surface area contributed by atoms with Crippen molar-refractivity contribution in [3.05, 3.63) is 11.9 Å². The number of amides is 1. The number of carbonyl (C=O) groups is 1. The molecule has 0 spiro atoms. The highest BCUT2D eigenvalue weighted by Crippen LogP contribution is 2.17. The van der Waals surface area contributed by atoms with Gasteiger partial charge in [-0.1, -0.05) is 19.8 Å². The lowest BCUT2D eigenvalue weighted by Gasteiger charge is -2.12. The Kier molecular flexibility index (Phi) is 4.23. The predicted octanol–water partition coefficient (Wildman–Crippen LogP) is 1.45. The van der Waals surface area contributed by atoms with Gasteiger partial charge in [0.05, 0.1) is 17.9 Å². The highest BCUT2D eigenvalue weighted by molar-refractivity contribution is 5.81. The lowest BCUT2D eigenvalue weighted by Crippen LogP contribution is -2.36. The number of hydrogen-bond acceptors (Lipinski definition) is 3. The molecule has 100 valence electrons. The zero-order valence-electron chi connectivity index (χ0n) is 11.2. The van der Waals surface area contributed by atoms with E-state index < -0.39 is 0 Å². The van der Waals surface area contributed by atoms with Crippen LogP contribution < -0.4 is 10.6 Å². The summed E-state index contributed by atoms with van der Waals surface area (Å²) in [6.07, 6.45) is 7.51. The second-order valence-electron chi connectivity index (χ2n) is 4.92. The van der Waals surface area contributed by atoms with Crippen molar-refractivity contribution in [1.82, 2.24) is 15.1 Å². The third kappa shape index (κ3) is 3.24. The SMILES string of the molecule is CCc1nn(C)cc1NCC(=O)NC1CCCC1. The first-order valence-electron chi connectivity index (χ1n) is 6.74. The Morgan fingerprint density at radius 2 is 2.22 bits per heavy atom. The van der Waals surface area contributed by atoms with E-state index in [0.717, 1.165) is 30.6 Å². The van der Waals surface area contributed by atoms with E-state index in [1.807, 2.05) is 13.2 Å². The molecule has 0 aromatic carbocycles. The Balaban J connectivity index is 1.81. The van der Waals surface area contributed by atoms with E-state index >= 15 is 0 Å². The minimum atomic E-state index is 0.0767. The summed E-state index contributed by atoms with van der Waals surface area (Å²) in [5.74, 6) is 0.0767. The normalized spacial score (nSPS) is 15.9. The van der Waals surface area contributed by atoms with Crippen LogP contribution in [0.5, 0.6) is 0 Å². The van der Waals surface area contributed by atoms with Crippen molar-refractivity contribution >= 4 is 11.6 Å². The van der Waals surface area contributed by atoms with Gasteiger partial charge in [0.2, 0.25) is 5.91 Å². The number of rotatable bonds is 5. The zero-order valence-corrected chi connectivity index (χ0v) is 11.2. The maximum Gasteiger partial charge on any atom is 0.239 e. The second-order valence-corrected chi connectivity index (χ2v) is 4.92. The van der Waals surface area contributed by atoms with Crippen molar-refractivity contribution in [3.8, 4) is 0 Å². The van der Waals surface area contributed by atoms with Crippen LogP contribution in [0.3, 0.4) is 0 Å². The molecule has 0 saturated heterocycles. The van der Waals surface area contributed by atoms with Crippen LogP contribution in [0.15, 0.2) is 6.20 Å². The molecule has 0 atom stereocenters. The van der Waals surface area contributed by atoms with Crippen LogP contribution >= 0.6 is 0 Å². The van der Waals surface area contributed by atoms with Gasteiger partial charge in [-0.15, -0.1) is 0 Å². The van der Waals surface area contributed by atoms with Gasteiger partial charge in [0, 0.05) is 19.3 Å². The first-order chi connectivity index (χ1) is 8.69. The minimum Gasteiger partial charge on any atom is -0.373 e. The van der Waals surface area contributed by atoms with Gasteiger partial charge in [0.1, 0.15) is 0 Å². The molecule has 1 aliphatic carbocycles. The van der Waals surface area contributed by atoms with Crippen LogP contribution in [0.2, 0.25) is 0 Å². The molecular formula is C13H22N4O. The molecule has 0 unspecified atom stereocenters. The Morgan fingerprint density at radius 1 is 1.50 bits per heavy atom. The maximum atomic E-state index is 11.8. The van der Waals surface area contributed by atoms with Gasteiger partial charge in [-0.05, 0) is 19.3 Å². The van der Waals surface area contributed by atoms with Crippen molar-refractivity contribution in [2.24, 2.45) is 7.05 Å².